The number of carbonyl (C=O) groups excluding carboxylic acids is 1. The molecule has 17 heavy (non-hydrogen) atoms. The molecule has 2 aromatic carbocycles. The fraction of sp³-hybridized carbons (Fsp3) is 0.0714. The smallest absolute Gasteiger partial charge is 0.160 e. The Kier molecular flexibility index (Phi) is 3.00. The number of ketones is 1. The summed E-state index contributed by atoms with van der Waals surface area (Å²) >= 11 is 0. The van der Waals surface area contributed by atoms with E-state index in [-0.39, 0.29) is 16.9 Å². The third kappa shape index (κ3) is 2.38. The van der Waals surface area contributed by atoms with Crippen LogP contribution in [-0.4, -0.2) is 5.78 Å². The zero-order valence-corrected chi connectivity index (χ0v) is 9.13. The van der Waals surface area contributed by atoms with Crippen LogP contribution < -0.4 is 0 Å². The van der Waals surface area contributed by atoms with Crippen LogP contribution in [0.5, 0.6) is 0 Å². The topological polar surface area (TPSA) is 17.1 Å². The van der Waals surface area contributed by atoms with E-state index in [4.69, 9.17) is 0 Å². The molecule has 85 valence electrons. The predicted octanol–water partition coefficient (Wildman–Crippen LogP) is 3.63. The molecule has 0 bridgehead atoms. The summed E-state index contributed by atoms with van der Waals surface area (Å²) in [7, 11) is 0. The first kappa shape index (κ1) is 11.5. The largest absolute Gasteiger partial charge is 0.294 e. The van der Waals surface area contributed by atoms with Crippen molar-refractivity contribution in [2.45, 2.75) is 6.92 Å². The standard InChI is InChI=1S/C14H9F2O/c1-9(17)10-5-6-14(16)13(8-10)11-3-2-4-12(15)7-11/h2-4,6-8H,1H3. The van der Waals surface area contributed by atoms with Crippen LogP contribution >= 0.6 is 0 Å². The van der Waals surface area contributed by atoms with E-state index in [2.05, 4.69) is 6.07 Å². The molecule has 0 saturated carbocycles. The van der Waals surface area contributed by atoms with Gasteiger partial charge >= 0.3 is 0 Å². The highest BCUT2D eigenvalue weighted by Gasteiger charge is 2.09. The molecule has 1 nitrogen and oxygen atoms in total. The van der Waals surface area contributed by atoms with Crippen LogP contribution in [0, 0.1) is 17.7 Å². The van der Waals surface area contributed by atoms with Gasteiger partial charge in [0, 0.05) is 11.1 Å². The van der Waals surface area contributed by atoms with Crippen LogP contribution in [0.1, 0.15) is 17.3 Å². The lowest BCUT2D eigenvalue weighted by molar-refractivity contribution is 0.101. The number of Topliss-reactive ketones (excluding diaryl/α,β-unsaturated/α-hetero) is 1. The molecule has 0 spiro atoms. The third-order valence-corrected chi connectivity index (χ3v) is 2.42. The SMILES string of the molecule is CC(=O)c1[c]cc(F)c(-c2cccc(F)c2)c1. The van der Waals surface area contributed by atoms with E-state index in [0.29, 0.717) is 5.56 Å². The molecule has 0 atom stereocenters. The van der Waals surface area contributed by atoms with Gasteiger partial charge in [-0.3, -0.25) is 4.79 Å². The number of halogens is 2. The lowest BCUT2D eigenvalue weighted by Crippen LogP contribution is -1.95. The Labute approximate surface area is 97.7 Å². The number of carbonyl (C=O) groups is 1. The van der Waals surface area contributed by atoms with E-state index in [1.807, 2.05) is 0 Å². The number of hydrogen-bond acceptors (Lipinski definition) is 1. The van der Waals surface area contributed by atoms with Crippen LogP contribution in [-0.2, 0) is 0 Å². The first-order valence-electron chi connectivity index (χ1n) is 5.06. The number of hydrogen-bond donors (Lipinski definition) is 0. The van der Waals surface area contributed by atoms with Crippen molar-refractivity contribution in [3.8, 4) is 11.1 Å². The highest BCUT2D eigenvalue weighted by Crippen LogP contribution is 2.24. The molecule has 0 amide bonds. The van der Waals surface area contributed by atoms with Gasteiger partial charge in [-0.2, -0.15) is 0 Å². The Morgan fingerprint density at radius 1 is 1.24 bits per heavy atom. The molecule has 0 aromatic heterocycles. The van der Waals surface area contributed by atoms with Gasteiger partial charge < -0.3 is 0 Å². The monoisotopic (exact) mass is 231 g/mol. The average molecular weight is 231 g/mol. The maximum absolute atomic E-state index is 13.6. The van der Waals surface area contributed by atoms with E-state index in [1.54, 1.807) is 6.07 Å². The summed E-state index contributed by atoms with van der Waals surface area (Å²) in [5.41, 5.74) is 0.887. The van der Waals surface area contributed by atoms with E-state index in [0.717, 1.165) is 6.07 Å². The normalized spacial score (nSPS) is 10.3. The molecule has 0 saturated heterocycles. The van der Waals surface area contributed by atoms with Crippen molar-refractivity contribution >= 4 is 5.78 Å². The minimum atomic E-state index is -0.527. The predicted molar refractivity (Wildman–Crippen MR) is 60.6 cm³/mol. The van der Waals surface area contributed by atoms with E-state index < -0.39 is 11.6 Å². The highest BCUT2D eigenvalue weighted by atomic mass is 19.1. The van der Waals surface area contributed by atoms with Gasteiger partial charge in [0.05, 0.1) is 0 Å². The molecule has 0 aliphatic carbocycles. The lowest BCUT2D eigenvalue weighted by Gasteiger charge is -2.05. The zero-order valence-electron chi connectivity index (χ0n) is 9.13. The summed E-state index contributed by atoms with van der Waals surface area (Å²) in [5, 5.41) is 0. The molecule has 0 unspecified atom stereocenters. The summed E-state index contributed by atoms with van der Waals surface area (Å²) < 4.78 is 26.6. The molecule has 2 aromatic rings. The molecule has 2 rings (SSSR count). The molecule has 0 heterocycles. The summed E-state index contributed by atoms with van der Waals surface area (Å²) in [6, 6.07) is 10.6. The van der Waals surface area contributed by atoms with Gasteiger partial charge in [-0.25, -0.2) is 8.78 Å². The molecule has 0 aliphatic heterocycles. The second-order valence-corrected chi connectivity index (χ2v) is 3.67. The van der Waals surface area contributed by atoms with Gasteiger partial charge in [-0.15, -0.1) is 0 Å². The summed E-state index contributed by atoms with van der Waals surface area (Å²) in [4.78, 5) is 11.2. The molecule has 1 radical (unpaired) electrons. The summed E-state index contributed by atoms with van der Waals surface area (Å²) in [6.07, 6.45) is 0. The second kappa shape index (κ2) is 4.45. The fourth-order valence-corrected chi connectivity index (χ4v) is 1.55. The van der Waals surface area contributed by atoms with Gasteiger partial charge in [0.1, 0.15) is 11.6 Å². The van der Waals surface area contributed by atoms with Crippen LogP contribution in [0.3, 0.4) is 0 Å². The van der Waals surface area contributed by atoms with Crippen molar-refractivity contribution in [3.63, 3.8) is 0 Å². The Hall–Kier alpha value is -2.03. The molecule has 0 aliphatic rings. The van der Waals surface area contributed by atoms with Crippen LogP contribution in [0.2, 0.25) is 0 Å². The van der Waals surface area contributed by atoms with Gasteiger partial charge in [-0.05, 0) is 42.8 Å². The lowest BCUT2D eigenvalue weighted by atomic mass is 10.0. The Morgan fingerprint density at radius 2 is 2.00 bits per heavy atom. The highest BCUT2D eigenvalue weighted by molar-refractivity contribution is 5.95. The first-order chi connectivity index (χ1) is 8.08. The van der Waals surface area contributed by atoms with Gasteiger partial charge in [-0.1, -0.05) is 12.1 Å². The van der Waals surface area contributed by atoms with Gasteiger partial charge in [0.25, 0.3) is 0 Å². The maximum atomic E-state index is 13.6. The summed E-state index contributed by atoms with van der Waals surface area (Å²) in [5.74, 6) is -1.18. The quantitative estimate of drug-likeness (QED) is 0.721. The van der Waals surface area contributed by atoms with Crippen molar-refractivity contribution in [1.82, 2.24) is 0 Å². The minimum absolute atomic E-state index is 0.202. The first-order valence-corrected chi connectivity index (χ1v) is 5.06. The second-order valence-electron chi connectivity index (χ2n) is 3.67. The molecular formula is C14H9F2O. The summed E-state index contributed by atoms with van der Waals surface area (Å²) in [6.45, 7) is 1.37. The van der Waals surface area contributed by atoms with Crippen LogP contribution in [0.15, 0.2) is 36.4 Å². The van der Waals surface area contributed by atoms with Crippen molar-refractivity contribution in [2.24, 2.45) is 0 Å². The van der Waals surface area contributed by atoms with E-state index >= 15 is 0 Å². The van der Waals surface area contributed by atoms with Crippen molar-refractivity contribution in [1.29, 1.82) is 0 Å². The Balaban J connectivity index is 2.58. The molecular weight excluding hydrogens is 222 g/mol. The number of rotatable bonds is 2. The van der Waals surface area contributed by atoms with E-state index in [9.17, 15) is 13.6 Å². The van der Waals surface area contributed by atoms with E-state index in [1.165, 1.54) is 31.2 Å². The van der Waals surface area contributed by atoms with Crippen LogP contribution in [0.25, 0.3) is 11.1 Å². The van der Waals surface area contributed by atoms with Crippen molar-refractivity contribution in [2.75, 3.05) is 0 Å². The minimum Gasteiger partial charge on any atom is -0.294 e. The average Bonchev–Trinajstić information content (AvgIpc) is 2.29. The Morgan fingerprint density at radius 3 is 2.65 bits per heavy atom. The maximum Gasteiger partial charge on any atom is 0.160 e. The van der Waals surface area contributed by atoms with Gasteiger partial charge in [0.2, 0.25) is 0 Å². The molecule has 3 heteroatoms. The fourth-order valence-electron chi connectivity index (χ4n) is 1.55. The van der Waals surface area contributed by atoms with Crippen molar-refractivity contribution < 1.29 is 13.6 Å². The van der Waals surface area contributed by atoms with Crippen LogP contribution in [0.4, 0.5) is 8.78 Å². The number of benzene rings is 2. The van der Waals surface area contributed by atoms with Gasteiger partial charge in [0.15, 0.2) is 5.78 Å². The third-order valence-electron chi connectivity index (χ3n) is 2.42. The molecule has 0 fully saturated rings. The Bertz CT molecular complexity index is 576. The van der Waals surface area contributed by atoms with Crippen molar-refractivity contribution in [3.05, 3.63) is 59.7 Å². The molecule has 0 N–H and O–H groups in total. The zero-order chi connectivity index (χ0) is 12.4.